The van der Waals surface area contributed by atoms with Crippen molar-refractivity contribution in [1.82, 2.24) is 5.32 Å². The van der Waals surface area contributed by atoms with Crippen LogP contribution in [0.3, 0.4) is 0 Å². The van der Waals surface area contributed by atoms with E-state index in [1.54, 1.807) is 36.4 Å². The number of hydrogen-bond acceptors (Lipinski definition) is 4. The lowest BCUT2D eigenvalue weighted by molar-refractivity contribution is 0.242. The van der Waals surface area contributed by atoms with E-state index in [9.17, 15) is 17.6 Å². The predicted molar refractivity (Wildman–Crippen MR) is 103 cm³/mol. The van der Waals surface area contributed by atoms with Gasteiger partial charge in [0.05, 0.1) is 11.3 Å². The zero-order chi connectivity index (χ0) is 20.1. The Kier molecular flexibility index (Phi) is 6.43. The lowest BCUT2D eigenvalue weighted by Gasteiger charge is -2.27. The van der Waals surface area contributed by atoms with E-state index in [4.69, 9.17) is 4.74 Å². The van der Waals surface area contributed by atoms with E-state index >= 15 is 0 Å². The van der Waals surface area contributed by atoms with Crippen LogP contribution in [0.4, 0.5) is 14.9 Å². The summed E-state index contributed by atoms with van der Waals surface area (Å²) in [4.78, 5) is 12.3. The normalized spacial score (nSPS) is 11.7. The molecule has 0 saturated heterocycles. The van der Waals surface area contributed by atoms with Crippen LogP contribution in [-0.2, 0) is 15.4 Å². The van der Waals surface area contributed by atoms with Gasteiger partial charge >= 0.3 is 6.03 Å². The molecule has 0 aromatic heterocycles. The monoisotopic (exact) mass is 394 g/mol. The molecule has 2 aromatic rings. The molecule has 2 aromatic carbocycles. The number of anilines is 1. The maximum atomic E-state index is 13.1. The molecule has 0 atom stereocenters. The van der Waals surface area contributed by atoms with Crippen molar-refractivity contribution in [2.45, 2.75) is 19.4 Å². The molecular weight excluding hydrogens is 371 g/mol. The molecule has 2 rings (SSSR count). The van der Waals surface area contributed by atoms with Crippen molar-refractivity contribution in [3.63, 3.8) is 0 Å². The highest BCUT2D eigenvalue weighted by Gasteiger charge is 2.23. The molecule has 0 saturated carbocycles. The molecule has 0 fully saturated rings. The Morgan fingerprint density at radius 3 is 2.44 bits per heavy atom. The number of benzene rings is 2. The maximum absolute atomic E-state index is 13.1. The molecule has 2 N–H and O–H groups in total. The number of rotatable bonds is 7. The minimum atomic E-state index is -3.10. The molecule has 8 heteroatoms. The van der Waals surface area contributed by atoms with Crippen LogP contribution in [0.1, 0.15) is 19.4 Å². The number of sulfone groups is 1. The third kappa shape index (κ3) is 6.90. The Balaban J connectivity index is 1.97. The molecule has 27 heavy (non-hydrogen) atoms. The summed E-state index contributed by atoms with van der Waals surface area (Å²) < 4.78 is 40.7. The van der Waals surface area contributed by atoms with Crippen LogP contribution in [0.25, 0.3) is 0 Å². The smallest absolute Gasteiger partial charge is 0.319 e. The van der Waals surface area contributed by atoms with E-state index in [2.05, 4.69) is 10.6 Å². The van der Waals surface area contributed by atoms with Gasteiger partial charge in [-0.05, 0) is 43.7 Å². The minimum absolute atomic E-state index is 0.0338. The van der Waals surface area contributed by atoms with Crippen molar-refractivity contribution in [2.75, 3.05) is 23.9 Å². The molecular formula is C19H23FN2O4S. The minimum Gasteiger partial charge on any atom is -0.492 e. The summed E-state index contributed by atoms with van der Waals surface area (Å²) in [5, 5.41) is 5.53. The fourth-order valence-electron chi connectivity index (χ4n) is 2.36. The number of ether oxygens (including phenoxy) is 1. The zero-order valence-electron chi connectivity index (χ0n) is 15.5. The first-order valence-corrected chi connectivity index (χ1v) is 10.4. The molecule has 2 amide bonds. The van der Waals surface area contributed by atoms with Gasteiger partial charge in [0.1, 0.15) is 18.2 Å². The van der Waals surface area contributed by atoms with Crippen LogP contribution in [-0.4, -0.2) is 33.1 Å². The molecule has 0 spiro atoms. The largest absolute Gasteiger partial charge is 0.492 e. The Labute approximate surface area is 158 Å². The number of carbonyl (C=O) groups excluding carboxylic acids is 1. The molecule has 0 aliphatic rings. The zero-order valence-corrected chi connectivity index (χ0v) is 16.3. The fraction of sp³-hybridized carbons (Fsp3) is 0.316. The lowest BCUT2D eigenvalue weighted by atomic mass is 9.94. The molecule has 0 aliphatic heterocycles. The average molecular weight is 394 g/mol. The van der Waals surface area contributed by atoms with Crippen molar-refractivity contribution in [2.24, 2.45) is 0 Å². The van der Waals surface area contributed by atoms with E-state index in [1.807, 2.05) is 13.8 Å². The van der Waals surface area contributed by atoms with Gasteiger partial charge in [-0.2, -0.15) is 0 Å². The highest BCUT2D eigenvalue weighted by molar-refractivity contribution is 7.90. The number of halogens is 1. The van der Waals surface area contributed by atoms with Crippen LogP contribution < -0.4 is 15.4 Å². The maximum Gasteiger partial charge on any atom is 0.319 e. The summed E-state index contributed by atoms with van der Waals surface area (Å²) in [5.74, 6) is 0.0257. The lowest BCUT2D eigenvalue weighted by Crippen LogP contribution is -2.43. The predicted octanol–water partition coefficient (Wildman–Crippen LogP) is 3.31. The molecule has 0 bridgehead atoms. The topological polar surface area (TPSA) is 84.5 Å². The van der Waals surface area contributed by atoms with E-state index in [-0.39, 0.29) is 18.2 Å². The van der Waals surface area contributed by atoms with Crippen molar-refractivity contribution in [3.8, 4) is 5.75 Å². The van der Waals surface area contributed by atoms with Crippen molar-refractivity contribution in [1.29, 1.82) is 0 Å². The van der Waals surface area contributed by atoms with E-state index in [0.717, 1.165) is 11.8 Å². The molecule has 6 nitrogen and oxygen atoms in total. The Hall–Kier alpha value is -2.61. The standard InChI is InChI=1S/C19H23FN2O4S/c1-19(2,14-7-9-15(20)10-8-14)22-18(23)21-16-5-4-6-17(13-16)26-11-12-27(3,24)25/h4-10,13H,11-12H2,1-3H3,(H2,21,22,23). The first-order valence-electron chi connectivity index (χ1n) is 8.31. The summed E-state index contributed by atoms with van der Waals surface area (Å²) >= 11 is 0. The third-order valence-corrected chi connectivity index (χ3v) is 4.71. The Bertz CT molecular complexity index is 896. The molecule has 0 radical (unpaired) electrons. The second kappa shape index (κ2) is 8.39. The van der Waals surface area contributed by atoms with E-state index in [0.29, 0.717) is 11.4 Å². The van der Waals surface area contributed by atoms with Gasteiger partial charge < -0.3 is 15.4 Å². The quantitative estimate of drug-likeness (QED) is 0.755. The van der Waals surface area contributed by atoms with Gasteiger partial charge in [-0.15, -0.1) is 0 Å². The van der Waals surface area contributed by atoms with E-state index < -0.39 is 21.4 Å². The summed E-state index contributed by atoms with van der Waals surface area (Å²) in [6, 6.07) is 12.1. The van der Waals surface area contributed by atoms with Crippen LogP contribution in [0.5, 0.6) is 5.75 Å². The van der Waals surface area contributed by atoms with Crippen LogP contribution in [0, 0.1) is 5.82 Å². The number of urea groups is 1. The molecule has 0 unspecified atom stereocenters. The summed E-state index contributed by atoms with van der Waals surface area (Å²) in [5.41, 5.74) is 0.553. The Morgan fingerprint density at radius 2 is 1.81 bits per heavy atom. The Morgan fingerprint density at radius 1 is 1.15 bits per heavy atom. The van der Waals surface area contributed by atoms with Crippen molar-refractivity contribution >= 4 is 21.6 Å². The summed E-state index contributed by atoms with van der Waals surface area (Å²) in [6.45, 7) is 3.65. The van der Waals surface area contributed by atoms with E-state index in [1.165, 1.54) is 12.1 Å². The van der Waals surface area contributed by atoms with Gasteiger partial charge in [-0.1, -0.05) is 18.2 Å². The number of nitrogens with one attached hydrogen (secondary N) is 2. The number of carbonyl (C=O) groups is 1. The van der Waals surface area contributed by atoms with Crippen molar-refractivity contribution < 1.29 is 22.3 Å². The van der Waals surface area contributed by atoms with Crippen LogP contribution in [0.2, 0.25) is 0 Å². The first kappa shape index (κ1) is 20.7. The van der Waals surface area contributed by atoms with Gasteiger partial charge in [-0.25, -0.2) is 17.6 Å². The highest BCUT2D eigenvalue weighted by Crippen LogP contribution is 2.21. The van der Waals surface area contributed by atoms with Gasteiger partial charge in [-0.3, -0.25) is 0 Å². The van der Waals surface area contributed by atoms with Gasteiger partial charge in [0.15, 0.2) is 9.84 Å². The summed E-state index contributed by atoms with van der Waals surface area (Å²) in [6.07, 6.45) is 1.14. The van der Waals surface area contributed by atoms with Gasteiger partial charge in [0, 0.05) is 18.0 Å². The molecule has 0 aliphatic carbocycles. The molecule has 146 valence electrons. The van der Waals surface area contributed by atoms with Gasteiger partial charge in [0.2, 0.25) is 0 Å². The second-order valence-corrected chi connectivity index (χ2v) is 8.98. The first-order chi connectivity index (χ1) is 12.5. The number of amides is 2. The third-order valence-electron chi connectivity index (χ3n) is 3.81. The number of hydrogen-bond donors (Lipinski definition) is 2. The average Bonchev–Trinajstić information content (AvgIpc) is 2.53. The molecule has 0 heterocycles. The van der Waals surface area contributed by atoms with Crippen LogP contribution >= 0.6 is 0 Å². The fourth-order valence-corrected chi connectivity index (χ4v) is 2.75. The van der Waals surface area contributed by atoms with Gasteiger partial charge in [0.25, 0.3) is 0 Å². The van der Waals surface area contributed by atoms with Crippen molar-refractivity contribution in [3.05, 3.63) is 59.9 Å². The highest BCUT2D eigenvalue weighted by atomic mass is 32.2. The second-order valence-electron chi connectivity index (χ2n) is 6.72. The SMILES string of the molecule is CC(C)(NC(=O)Nc1cccc(OCCS(C)(=O)=O)c1)c1ccc(F)cc1. The van der Waals surface area contributed by atoms with Crippen LogP contribution in [0.15, 0.2) is 48.5 Å². The summed E-state index contributed by atoms with van der Waals surface area (Å²) in [7, 11) is -3.10.